The van der Waals surface area contributed by atoms with E-state index in [0.717, 1.165) is 36.8 Å². The minimum atomic E-state index is -0.759. The number of β-amino-alcohol motifs (C(OH)–C–C–N with tert-alkyl or cyclic N) is 1. The van der Waals surface area contributed by atoms with Crippen molar-refractivity contribution in [2.24, 2.45) is 11.8 Å². The molecular weight excluding hydrogens is 410 g/mol. The molecule has 1 amide bonds. The normalized spacial score (nSPS) is 19.7. The summed E-state index contributed by atoms with van der Waals surface area (Å²) >= 11 is 0. The Morgan fingerprint density at radius 2 is 1.75 bits per heavy atom. The molecule has 2 aliphatic heterocycles. The topological polar surface area (TPSA) is 103 Å². The van der Waals surface area contributed by atoms with Crippen LogP contribution in [0.5, 0.6) is 5.75 Å². The molecule has 0 unspecified atom stereocenters. The highest BCUT2D eigenvalue weighted by atomic mass is 16.5. The van der Waals surface area contributed by atoms with E-state index in [-0.39, 0.29) is 24.3 Å². The molecule has 1 atom stereocenters. The molecule has 8 heteroatoms. The third-order valence-electron chi connectivity index (χ3n) is 6.60. The van der Waals surface area contributed by atoms with E-state index < -0.39 is 12.1 Å². The summed E-state index contributed by atoms with van der Waals surface area (Å²) in [5.74, 6) is -0.225. The number of hydrogen-bond donors (Lipinski definition) is 2. The molecule has 2 fully saturated rings. The largest absolute Gasteiger partial charge is 0.490 e. The molecule has 2 aromatic rings. The SMILES string of the molecule is O=C(O)C1CCN(C(=O)C2CCN(C[C@@H](O)COc3cccc4ncccc34)CC2)CC1. The quantitative estimate of drug-likeness (QED) is 0.677. The summed E-state index contributed by atoms with van der Waals surface area (Å²) in [7, 11) is 0. The van der Waals surface area contributed by atoms with Gasteiger partial charge in [0.15, 0.2) is 0 Å². The van der Waals surface area contributed by atoms with Crippen LogP contribution in [-0.2, 0) is 9.59 Å². The van der Waals surface area contributed by atoms with Gasteiger partial charge < -0.3 is 24.7 Å². The Balaban J connectivity index is 1.20. The maximum absolute atomic E-state index is 12.8. The van der Waals surface area contributed by atoms with Gasteiger partial charge in [0.05, 0.1) is 11.4 Å². The van der Waals surface area contributed by atoms with E-state index >= 15 is 0 Å². The molecule has 0 aliphatic carbocycles. The molecule has 172 valence electrons. The Morgan fingerprint density at radius 1 is 1.03 bits per heavy atom. The first-order chi connectivity index (χ1) is 15.5. The van der Waals surface area contributed by atoms with Gasteiger partial charge in [0.25, 0.3) is 0 Å². The molecule has 2 N–H and O–H groups in total. The summed E-state index contributed by atoms with van der Waals surface area (Å²) in [6, 6.07) is 9.52. The zero-order valence-electron chi connectivity index (χ0n) is 18.2. The van der Waals surface area contributed by atoms with E-state index in [0.29, 0.717) is 38.2 Å². The maximum Gasteiger partial charge on any atom is 0.306 e. The lowest BCUT2D eigenvalue weighted by atomic mass is 9.92. The molecule has 0 radical (unpaired) electrons. The molecule has 4 rings (SSSR count). The van der Waals surface area contributed by atoms with Gasteiger partial charge in [-0.05, 0) is 63.0 Å². The Bertz CT molecular complexity index is 931. The number of rotatable bonds is 7. The number of aliphatic hydroxyl groups excluding tert-OH is 1. The van der Waals surface area contributed by atoms with E-state index in [4.69, 9.17) is 9.84 Å². The van der Waals surface area contributed by atoms with Crippen molar-refractivity contribution in [3.8, 4) is 5.75 Å². The molecule has 2 saturated heterocycles. The monoisotopic (exact) mass is 441 g/mol. The van der Waals surface area contributed by atoms with Gasteiger partial charge in [0.2, 0.25) is 5.91 Å². The van der Waals surface area contributed by atoms with Gasteiger partial charge in [0, 0.05) is 37.1 Å². The smallest absolute Gasteiger partial charge is 0.306 e. The number of carboxylic acid groups (broad SMARTS) is 1. The van der Waals surface area contributed by atoms with Crippen molar-refractivity contribution in [1.29, 1.82) is 0 Å². The van der Waals surface area contributed by atoms with E-state index in [1.165, 1.54) is 0 Å². The Labute approximate surface area is 187 Å². The van der Waals surface area contributed by atoms with Crippen LogP contribution in [-0.4, -0.2) is 82.3 Å². The van der Waals surface area contributed by atoms with Crippen molar-refractivity contribution in [2.75, 3.05) is 39.3 Å². The molecular formula is C24H31N3O5. The first-order valence-electron chi connectivity index (χ1n) is 11.4. The van der Waals surface area contributed by atoms with Gasteiger partial charge >= 0.3 is 5.97 Å². The van der Waals surface area contributed by atoms with Crippen LogP contribution in [0.2, 0.25) is 0 Å². The van der Waals surface area contributed by atoms with Gasteiger partial charge in [-0.1, -0.05) is 6.07 Å². The van der Waals surface area contributed by atoms with Crippen LogP contribution in [0.25, 0.3) is 10.9 Å². The molecule has 1 aromatic heterocycles. The van der Waals surface area contributed by atoms with Crippen molar-refractivity contribution in [3.05, 3.63) is 36.5 Å². The summed E-state index contributed by atoms with van der Waals surface area (Å²) in [4.78, 5) is 32.2. The summed E-state index contributed by atoms with van der Waals surface area (Å²) in [5, 5.41) is 20.5. The van der Waals surface area contributed by atoms with Crippen LogP contribution < -0.4 is 4.74 Å². The van der Waals surface area contributed by atoms with Crippen molar-refractivity contribution >= 4 is 22.8 Å². The third-order valence-corrected chi connectivity index (χ3v) is 6.60. The summed E-state index contributed by atoms with van der Waals surface area (Å²) in [5.41, 5.74) is 0.860. The second-order valence-electron chi connectivity index (χ2n) is 8.80. The van der Waals surface area contributed by atoms with E-state index in [9.17, 15) is 14.7 Å². The Hall–Kier alpha value is -2.71. The van der Waals surface area contributed by atoms with Crippen LogP contribution in [0, 0.1) is 11.8 Å². The van der Waals surface area contributed by atoms with Gasteiger partial charge in [-0.25, -0.2) is 0 Å². The predicted octanol–water partition coefficient (Wildman–Crippen LogP) is 2.01. The number of aliphatic carboxylic acids is 1. The average molecular weight is 442 g/mol. The van der Waals surface area contributed by atoms with Crippen molar-refractivity contribution < 1.29 is 24.5 Å². The second-order valence-corrected chi connectivity index (χ2v) is 8.80. The zero-order chi connectivity index (χ0) is 22.5. The van der Waals surface area contributed by atoms with Gasteiger partial charge in [0.1, 0.15) is 18.5 Å². The second kappa shape index (κ2) is 10.3. The number of ether oxygens (including phenoxy) is 1. The van der Waals surface area contributed by atoms with Crippen LogP contribution >= 0.6 is 0 Å². The molecule has 1 aromatic carbocycles. The lowest BCUT2D eigenvalue weighted by Gasteiger charge is -2.37. The molecule has 2 aliphatic rings. The average Bonchev–Trinajstić information content (AvgIpc) is 2.83. The van der Waals surface area contributed by atoms with Crippen molar-refractivity contribution in [2.45, 2.75) is 31.8 Å². The van der Waals surface area contributed by atoms with Crippen LogP contribution in [0.3, 0.4) is 0 Å². The Kier molecular flexibility index (Phi) is 7.22. The first kappa shape index (κ1) is 22.5. The number of aromatic nitrogens is 1. The minimum absolute atomic E-state index is 0.01000. The van der Waals surface area contributed by atoms with Crippen LogP contribution in [0.1, 0.15) is 25.7 Å². The molecule has 0 saturated carbocycles. The lowest BCUT2D eigenvalue weighted by Crippen LogP contribution is -2.47. The molecule has 8 nitrogen and oxygen atoms in total. The zero-order valence-corrected chi connectivity index (χ0v) is 18.2. The highest BCUT2D eigenvalue weighted by Gasteiger charge is 2.32. The molecule has 0 bridgehead atoms. The number of piperidine rings is 2. The minimum Gasteiger partial charge on any atom is -0.490 e. The number of hydrogen-bond acceptors (Lipinski definition) is 6. The highest BCUT2D eigenvalue weighted by molar-refractivity contribution is 5.84. The first-order valence-corrected chi connectivity index (χ1v) is 11.4. The highest BCUT2D eigenvalue weighted by Crippen LogP contribution is 2.25. The fraction of sp³-hybridized carbons (Fsp3) is 0.542. The van der Waals surface area contributed by atoms with Gasteiger partial charge in [-0.2, -0.15) is 0 Å². The van der Waals surface area contributed by atoms with Crippen LogP contribution in [0.4, 0.5) is 0 Å². The van der Waals surface area contributed by atoms with Crippen molar-refractivity contribution in [1.82, 2.24) is 14.8 Å². The van der Waals surface area contributed by atoms with Gasteiger partial charge in [-0.3, -0.25) is 14.6 Å². The number of pyridine rings is 1. The maximum atomic E-state index is 12.8. The standard InChI is InChI=1S/C24H31N3O5/c28-19(16-32-22-5-1-4-21-20(22)3-2-10-25-21)15-26-11-6-17(7-12-26)23(29)27-13-8-18(9-14-27)24(30)31/h1-5,10,17-19,28H,6-9,11-16H2,(H,30,31)/t19-/m1/s1. The fourth-order valence-electron chi connectivity index (χ4n) is 4.71. The Morgan fingerprint density at radius 3 is 2.47 bits per heavy atom. The molecule has 32 heavy (non-hydrogen) atoms. The van der Waals surface area contributed by atoms with Crippen LogP contribution in [0.15, 0.2) is 36.5 Å². The fourth-order valence-corrected chi connectivity index (χ4v) is 4.71. The number of carbonyl (C=O) groups is 2. The number of fused-ring (bicyclic) bond motifs is 1. The summed E-state index contributed by atoms with van der Waals surface area (Å²) in [6.45, 7) is 3.30. The number of amides is 1. The predicted molar refractivity (Wildman–Crippen MR) is 119 cm³/mol. The van der Waals surface area contributed by atoms with E-state index in [1.807, 2.05) is 35.2 Å². The summed E-state index contributed by atoms with van der Waals surface area (Å²) < 4.78 is 5.87. The number of benzene rings is 1. The van der Waals surface area contributed by atoms with Crippen molar-refractivity contribution in [3.63, 3.8) is 0 Å². The molecule has 0 spiro atoms. The van der Waals surface area contributed by atoms with Gasteiger partial charge in [-0.15, -0.1) is 0 Å². The summed E-state index contributed by atoms with van der Waals surface area (Å²) in [6.07, 6.45) is 3.73. The number of aliphatic hydroxyl groups is 1. The number of carbonyl (C=O) groups excluding carboxylic acids is 1. The number of likely N-dealkylation sites (tertiary alicyclic amines) is 2. The van der Waals surface area contributed by atoms with E-state index in [2.05, 4.69) is 9.88 Å². The third kappa shape index (κ3) is 5.37. The van der Waals surface area contributed by atoms with E-state index in [1.54, 1.807) is 6.20 Å². The molecule has 3 heterocycles. The number of carboxylic acids is 1. The number of nitrogens with zero attached hydrogens (tertiary/aromatic N) is 3. The lowest BCUT2D eigenvalue weighted by molar-refractivity contribution is -0.147.